The molecule has 1 amide bonds. The van der Waals surface area contributed by atoms with Crippen molar-refractivity contribution in [3.05, 3.63) is 77.6 Å². The van der Waals surface area contributed by atoms with Crippen LogP contribution in [0, 0.1) is 6.92 Å². The molecule has 0 radical (unpaired) electrons. The first-order valence-corrected chi connectivity index (χ1v) is 9.46. The average molecular weight is 366 g/mol. The first kappa shape index (κ1) is 18.2. The van der Waals surface area contributed by atoms with Crippen molar-refractivity contribution in [1.82, 2.24) is 19.7 Å². The summed E-state index contributed by atoms with van der Waals surface area (Å²) < 4.78 is 2.05. The summed E-state index contributed by atoms with van der Waals surface area (Å²) in [5, 5.41) is 9.17. The molecule has 0 N–H and O–H groups in total. The number of thioether (sulfide) groups is 1. The van der Waals surface area contributed by atoms with Crippen molar-refractivity contribution >= 4 is 17.7 Å². The molecule has 0 fully saturated rings. The smallest absolute Gasteiger partial charge is 0.233 e. The number of hydrogen-bond acceptors (Lipinski definition) is 4. The molecule has 3 rings (SSSR count). The van der Waals surface area contributed by atoms with E-state index in [-0.39, 0.29) is 5.91 Å². The van der Waals surface area contributed by atoms with Crippen molar-refractivity contribution in [1.29, 1.82) is 0 Å². The Bertz CT molecular complexity index is 849. The van der Waals surface area contributed by atoms with Gasteiger partial charge in [0, 0.05) is 13.6 Å². The predicted molar refractivity (Wildman–Crippen MR) is 104 cm³/mol. The molecule has 26 heavy (non-hydrogen) atoms. The van der Waals surface area contributed by atoms with E-state index in [4.69, 9.17) is 0 Å². The van der Waals surface area contributed by atoms with Crippen LogP contribution in [0.4, 0.5) is 0 Å². The third-order valence-corrected chi connectivity index (χ3v) is 5.05. The van der Waals surface area contributed by atoms with Crippen LogP contribution < -0.4 is 0 Å². The lowest BCUT2D eigenvalue weighted by molar-refractivity contribution is -0.127. The van der Waals surface area contributed by atoms with Crippen LogP contribution in [0.5, 0.6) is 0 Å². The van der Waals surface area contributed by atoms with Crippen LogP contribution in [0.3, 0.4) is 0 Å². The number of carbonyl (C=O) groups is 1. The summed E-state index contributed by atoms with van der Waals surface area (Å²) in [6, 6.07) is 20.2. The van der Waals surface area contributed by atoms with Crippen molar-refractivity contribution in [2.24, 2.45) is 0 Å². The fourth-order valence-corrected chi connectivity index (χ4v) is 3.52. The van der Waals surface area contributed by atoms with Gasteiger partial charge in [0.05, 0.1) is 12.3 Å². The molecule has 5 nitrogen and oxygen atoms in total. The van der Waals surface area contributed by atoms with E-state index in [1.54, 1.807) is 4.90 Å². The Morgan fingerprint density at radius 1 is 1.00 bits per heavy atom. The van der Waals surface area contributed by atoms with E-state index < -0.39 is 0 Å². The van der Waals surface area contributed by atoms with E-state index in [9.17, 15) is 4.79 Å². The second kappa shape index (κ2) is 8.67. The van der Waals surface area contributed by atoms with Crippen LogP contribution >= 0.6 is 11.8 Å². The van der Waals surface area contributed by atoms with E-state index >= 15 is 0 Å². The van der Waals surface area contributed by atoms with Gasteiger partial charge >= 0.3 is 0 Å². The Kier molecular flexibility index (Phi) is 6.07. The van der Waals surface area contributed by atoms with Gasteiger partial charge in [0.1, 0.15) is 5.82 Å². The third-order valence-electron chi connectivity index (χ3n) is 4.10. The number of benzene rings is 2. The highest BCUT2D eigenvalue weighted by Gasteiger charge is 2.14. The lowest BCUT2D eigenvalue weighted by atomic mass is 10.2. The molecular formula is C20H22N4OS. The molecule has 0 unspecified atom stereocenters. The molecule has 2 aromatic carbocycles. The Hall–Kier alpha value is -2.60. The van der Waals surface area contributed by atoms with Gasteiger partial charge in [-0.3, -0.25) is 4.79 Å². The highest BCUT2D eigenvalue weighted by atomic mass is 32.2. The van der Waals surface area contributed by atoms with Crippen LogP contribution in [0.25, 0.3) is 0 Å². The summed E-state index contributed by atoms with van der Waals surface area (Å²) in [5.74, 6) is 1.27. The molecule has 0 aliphatic heterocycles. The first-order valence-electron chi connectivity index (χ1n) is 8.48. The maximum absolute atomic E-state index is 12.4. The second-order valence-corrected chi connectivity index (χ2v) is 7.07. The zero-order chi connectivity index (χ0) is 18.4. The minimum Gasteiger partial charge on any atom is -0.341 e. The minimum absolute atomic E-state index is 0.0748. The maximum atomic E-state index is 12.4. The van der Waals surface area contributed by atoms with Crippen molar-refractivity contribution in [2.75, 3.05) is 12.8 Å². The SMILES string of the molecule is Cc1nnc(SCC(=O)N(C)Cc2ccccc2)n1Cc1ccccc1. The number of rotatable bonds is 7. The van der Waals surface area contributed by atoms with Gasteiger partial charge in [-0.25, -0.2) is 0 Å². The molecule has 1 heterocycles. The van der Waals surface area contributed by atoms with E-state index in [2.05, 4.69) is 22.3 Å². The molecule has 0 atom stereocenters. The number of carbonyl (C=O) groups excluding carboxylic acids is 1. The number of aryl methyl sites for hydroxylation is 1. The Morgan fingerprint density at radius 3 is 2.27 bits per heavy atom. The Labute approximate surface area is 158 Å². The second-order valence-electron chi connectivity index (χ2n) is 6.13. The highest BCUT2D eigenvalue weighted by Crippen LogP contribution is 2.19. The van der Waals surface area contributed by atoms with Gasteiger partial charge in [-0.2, -0.15) is 0 Å². The van der Waals surface area contributed by atoms with Gasteiger partial charge in [-0.15, -0.1) is 10.2 Å². The Balaban J connectivity index is 1.60. The summed E-state index contributed by atoms with van der Waals surface area (Å²) in [6.07, 6.45) is 0. The van der Waals surface area contributed by atoms with Crippen LogP contribution in [0.15, 0.2) is 65.8 Å². The molecule has 1 aromatic heterocycles. The molecule has 0 saturated carbocycles. The van der Waals surface area contributed by atoms with Crippen molar-refractivity contribution < 1.29 is 4.79 Å². The quantitative estimate of drug-likeness (QED) is 0.602. The van der Waals surface area contributed by atoms with Gasteiger partial charge in [-0.1, -0.05) is 72.4 Å². The molecule has 0 spiro atoms. The summed E-state index contributed by atoms with van der Waals surface area (Å²) in [6.45, 7) is 3.25. The molecule has 6 heteroatoms. The number of hydrogen-bond donors (Lipinski definition) is 0. The summed E-state index contributed by atoms with van der Waals surface area (Å²) in [7, 11) is 1.83. The summed E-state index contributed by atoms with van der Waals surface area (Å²) in [4.78, 5) is 14.2. The minimum atomic E-state index is 0.0748. The molecule has 0 aliphatic carbocycles. The van der Waals surface area contributed by atoms with Gasteiger partial charge in [0.25, 0.3) is 0 Å². The predicted octanol–water partition coefficient (Wildman–Crippen LogP) is 3.39. The molecule has 134 valence electrons. The summed E-state index contributed by atoms with van der Waals surface area (Å²) >= 11 is 1.43. The first-order chi connectivity index (χ1) is 12.6. The highest BCUT2D eigenvalue weighted by molar-refractivity contribution is 7.99. The van der Waals surface area contributed by atoms with E-state index in [0.717, 1.165) is 16.5 Å². The monoisotopic (exact) mass is 366 g/mol. The van der Waals surface area contributed by atoms with Gasteiger partial charge in [-0.05, 0) is 18.1 Å². The standard InChI is InChI=1S/C20H22N4OS/c1-16-21-22-20(24(16)14-18-11-7-4-8-12-18)26-15-19(25)23(2)13-17-9-5-3-6-10-17/h3-12H,13-15H2,1-2H3. The zero-order valence-electron chi connectivity index (χ0n) is 15.0. The van der Waals surface area contributed by atoms with Crippen molar-refractivity contribution in [3.63, 3.8) is 0 Å². The molecular weight excluding hydrogens is 344 g/mol. The fourth-order valence-electron chi connectivity index (χ4n) is 2.60. The maximum Gasteiger partial charge on any atom is 0.233 e. The largest absolute Gasteiger partial charge is 0.341 e. The number of amides is 1. The van der Waals surface area contributed by atoms with Crippen molar-refractivity contribution in [2.45, 2.75) is 25.2 Å². The topological polar surface area (TPSA) is 51.0 Å². The Morgan fingerprint density at radius 2 is 1.62 bits per heavy atom. The normalized spacial score (nSPS) is 10.7. The van der Waals surface area contributed by atoms with E-state index in [1.807, 2.05) is 67.1 Å². The van der Waals surface area contributed by atoms with Crippen LogP contribution in [0.1, 0.15) is 17.0 Å². The average Bonchev–Trinajstić information content (AvgIpc) is 3.01. The molecule has 3 aromatic rings. The lowest BCUT2D eigenvalue weighted by Gasteiger charge is -2.17. The number of nitrogens with zero attached hydrogens (tertiary/aromatic N) is 4. The lowest BCUT2D eigenvalue weighted by Crippen LogP contribution is -2.27. The zero-order valence-corrected chi connectivity index (χ0v) is 15.8. The van der Waals surface area contributed by atoms with Crippen molar-refractivity contribution in [3.8, 4) is 0 Å². The fraction of sp³-hybridized carbons (Fsp3) is 0.250. The van der Waals surface area contributed by atoms with Crippen LogP contribution in [-0.4, -0.2) is 38.4 Å². The van der Waals surface area contributed by atoms with E-state index in [1.165, 1.54) is 17.3 Å². The van der Waals surface area contributed by atoms with Gasteiger partial charge in [0.15, 0.2) is 5.16 Å². The summed E-state index contributed by atoms with van der Waals surface area (Å²) in [5.41, 5.74) is 2.31. The van der Waals surface area contributed by atoms with Gasteiger partial charge < -0.3 is 9.47 Å². The molecule has 0 aliphatic rings. The molecule has 0 saturated heterocycles. The molecule has 0 bridgehead atoms. The van der Waals surface area contributed by atoms with Gasteiger partial charge in [0.2, 0.25) is 5.91 Å². The van der Waals surface area contributed by atoms with Crippen LogP contribution in [0.2, 0.25) is 0 Å². The van der Waals surface area contributed by atoms with E-state index in [0.29, 0.717) is 18.8 Å². The number of aromatic nitrogens is 3. The third kappa shape index (κ3) is 4.73. The van der Waals surface area contributed by atoms with Crippen LogP contribution in [-0.2, 0) is 17.9 Å².